The maximum atomic E-state index is 14.4. The van der Waals surface area contributed by atoms with Gasteiger partial charge in [0, 0.05) is 17.3 Å². The molecule has 8 nitrogen and oxygen atoms in total. The fourth-order valence-corrected chi connectivity index (χ4v) is 7.64. The van der Waals surface area contributed by atoms with Gasteiger partial charge in [0.25, 0.3) is 0 Å². The van der Waals surface area contributed by atoms with E-state index < -0.39 is 29.6 Å². The Bertz CT molecular complexity index is 1450. The summed E-state index contributed by atoms with van der Waals surface area (Å²) in [6.45, 7) is 11.0. The van der Waals surface area contributed by atoms with E-state index in [1.165, 1.54) is 0 Å². The van der Waals surface area contributed by atoms with E-state index >= 15 is 0 Å². The Balaban J connectivity index is 1.34. The summed E-state index contributed by atoms with van der Waals surface area (Å²) in [5, 5.41) is 6.36. The standard InChI is InChI=1S/C35H43N3O5/c1-6-42-27-13-8-7-11-24(27)19-38-31(33(40)37-26-12-9-10-21(3)23(26)5)35-17-16-28(43-35)29(30(35)34(38)41)32(39)36-25-15-14-20(2)22(4)18-25/h7-8,11,13-18,21,23,26,28-31H,6,9-10,12,19H2,1-5H3,(H,36,39)(H,37,40)/t21-,23+,26+,28-,29+,30-,31-,35-/m0/s1. The number of nitrogens with one attached hydrogen (secondary N) is 2. The highest BCUT2D eigenvalue weighted by molar-refractivity contribution is 6.02. The minimum atomic E-state index is -1.22. The minimum absolute atomic E-state index is 0.0193. The number of likely N-dealkylation sites (tertiary alicyclic amines) is 1. The van der Waals surface area contributed by atoms with E-state index in [1.54, 1.807) is 4.90 Å². The molecule has 2 saturated heterocycles. The van der Waals surface area contributed by atoms with Crippen molar-refractivity contribution in [1.29, 1.82) is 0 Å². The number of rotatable bonds is 8. The monoisotopic (exact) mass is 585 g/mol. The highest BCUT2D eigenvalue weighted by Gasteiger charge is 2.72. The lowest BCUT2D eigenvalue weighted by Crippen LogP contribution is -2.57. The van der Waals surface area contributed by atoms with Crippen LogP contribution in [0.25, 0.3) is 0 Å². The smallest absolute Gasteiger partial charge is 0.246 e. The number of benzene rings is 2. The predicted molar refractivity (Wildman–Crippen MR) is 164 cm³/mol. The SMILES string of the molecule is CCOc1ccccc1CN1C(=O)[C@@H]2[C@H](C(=O)Nc3ccc(C)c(C)c3)[C@@H]3C=C[C@@]2(O3)[C@@H]1C(=O)N[C@@H]1CCC[C@H](C)[C@H]1C. The second-order valence-electron chi connectivity index (χ2n) is 12.9. The Morgan fingerprint density at radius 3 is 2.63 bits per heavy atom. The van der Waals surface area contributed by atoms with Gasteiger partial charge in [-0.1, -0.05) is 63.1 Å². The molecule has 3 amide bonds. The molecule has 3 heterocycles. The molecule has 2 aromatic rings. The summed E-state index contributed by atoms with van der Waals surface area (Å²) in [7, 11) is 0. The lowest BCUT2D eigenvalue weighted by Gasteiger charge is -2.38. The van der Waals surface area contributed by atoms with Crippen molar-refractivity contribution < 1.29 is 23.9 Å². The summed E-state index contributed by atoms with van der Waals surface area (Å²) in [6, 6.07) is 12.5. The first-order chi connectivity index (χ1) is 20.6. The molecule has 2 aromatic carbocycles. The van der Waals surface area contributed by atoms with Crippen LogP contribution in [0.4, 0.5) is 5.69 Å². The molecule has 228 valence electrons. The van der Waals surface area contributed by atoms with Crippen LogP contribution in [0.2, 0.25) is 0 Å². The lowest BCUT2D eigenvalue weighted by atomic mass is 9.73. The van der Waals surface area contributed by atoms with Gasteiger partial charge in [0.15, 0.2) is 0 Å². The van der Waals surface area contributed by atoms with Crippen molar-refractivity contribution in [3.05, 3.63) is 71.3 Å². The topological polar surface area (TPSA) is 97.0 Å². The molecule has 0 radical (unpaired) electrons. The number of carbonyl (C=O) groups excluding carboxylic acids is 3. The van der Waals surface area contributed by atoms with Crippen molar-refractivity contribution in [2.75, 3.05) is 11.9 Å². The molecule has 1 aliphatic carbocycles. The molecule has 2 N–H and O–H groups in total. The molecule has 2 bridgehead atoms. The van der Waals surface area contributed by atoms with E-state index in [4.69, 9.17) is 9.47 Å². The van der Waals surface area contributed by atoms with Crippen LogP contribution >= 0.6 is 0 Å². The molecular weight excluding hydrogens is 542 g/mol. The molecule has 0 aromatic heterocycles. The van der Waals surface area contributed by atoms with Gasteiger partial charge in [-0.15, -0.1) is 0 Å². The van der Waals surface area contributed by atoms with Gasteiger partial charge in [-0.3, -0.25) is 14.4 Å². The van der Waals surface area contributed by atoms with Gasteiger partial charge in [-0.05, 0) is 68.4 Å². The normalized spacial score (nSPS) is 32.5. The first kappa shape index (κ1) is 29.4. The molecule has 6 rings (SSSR count). The number of nitrogens with zero attached hydrogens (tertiary/aromatic N) is 1. The second kappa shape index (κ2) is 11.5. The number of ether oxygens (including phenoxy) is 2. The number of anilines is 1. The Morgan fingerprint density at radius 2 is 1.86 bits per heavy atom. The quantitative estimate of drug-likeness (QED) is 0.428. The Labute approximate surface area is 254 Å². The van der Waals surface area contributed by atoms with Crippen molar-refractivity contribution in [1.82, 2.24) is 10.2 Å². The minimum Gasteiger partial charge on any atom is -0.494 e. The van der Waals surface area contributed by atoms with Crippen LogP contribution in [0.1, 0.15) is 56.7 Å². The highest BCUT2D eigenvalue weighted by atomic mass is 16.5. The van der Waals surface area contributed by atoms with Crippen molar-refractivity contribution in [2.24, 2.45) is 23.7 Å². The molecule has 0 unspecified atom stereocenters. The second-order valence-corrected chi connectivity index (χ2v) is 12.9. The number of carbonyl (C=O) groups is 3. The van der Waals surface area contributed by atoms with Crippen LogP contribution < -0.4 is 15.4 Å². The number of hydrogen-bond acceptors (Lipinski definition) is 5. The van der Waals surface area contributed by atoms with Crippen LogP contribution in [0, 0.1) is 37.5 Å². The summed E-state index contributed by atoms with van der Waals surface area (Å²) in [5.74, 6) is -0.819. The van der Waals surface area contributed by atoms with Gasteiger partial charge in [0.2, 0.25) is 17.7 Å². The maximum Gasteiger partial charge on any atom is 0.246 e. The molecule has 1 saturated carbocycles. The lowest BCUT2D eigenvalue weighted by molar-refractivity contribution is -0.142. The molecule has 4 aliphatic rings. The zero-order chi connectivity index (χ0) is 30.5. The van der Waals surface area contributed by atoms with Crippen LogP contribution in [-0.4, -0.2) is 53.0 Å². The van der Waals surface area contributed by atoms with Gasteiger partial charge < -0.3 is 25.0 Å². The van der Waals surface area contributed by atoms with Gasteiger partial charge in [0.1, 0.15) is 17.4 Å². The first-order valence-electron chi connectivity index (χ1n) is 15.7. The molecule has 3 fully saturated rings. The van der Waals surface area contributed by atoms with E-state index in [-0.39, 0.29) is 30.3 Å². The maximum absolute atomic E-state index is 14.4. The predicted octanol–water partition coefficient (Wildman–Crippen LogP) is 4.93. The number of para-hydroxylation sites is 1. The zero-order valence-corrected chi connectivity index (χ0v) is 25.8. The van der Waals surface area contributed by atoms with E-state index in [9.17, 15) is 14.4 Å². The molecule has 43 heavy (non-hydrogen) atoms. The third-order valence-corrected chi connectivity index (χ3v) is 10.3. The van der Waals surface area contributed by atoms with Crippen LogP contribution in [0.5, 0.6) is 5.75 Å². The highest BCUT2D eigenvalue weighted by Crippen LogP contribution is 2.55. The average molecular weight is 586 g/mol. The van der Waals surface area contributed by atoms with Crippen molar-refractivity contribution >= 4 is 23.4 Å². The van der Waals surface area contributed by atoms with E-state index in [1.807, 2.05) is 75.4 Å². The van der Waals surface area contributed by atoms with Crippen molar-refractivity contribution in [3.8, 4) is 5.75 Å². The third kappa shape index (κ3) is 5.03. The fourth-order valence-electron chi connectivity index (χ4n) is 7.64. The fraction of sp³-hybridized carbons (Fsp3) is 0.514. The van der Waals surface area contributed by atoms with Crippen LogP contribution in [-0.2, 0) is 25.7 Å². The van der Waals surface area contributed by atoms with Crippen LogP contribution in [0.3, 0.4) is 0 Å². The Kier molecular flexibility index (Phi) is 7.84. The van der Waals surface area contributed by atoms with Gasteiger partial charge >= 0.3 is 0 Å². The number of amides is 3. The molecule has 8 heteroatoms. The van der Waals surface area contributed by atoms with E-state index in [2.05, 4.69) is 24.5 Å². The summed E-state index contributed by atoms with van der Waals surface area (Å²) < 4.78 is 12.4. The third-order valence-electron chi connectivity index (χ3n) is 10.3. The summed E-state index contributed by atoms with van der Waals surface area (Å²) >= 11 is 0. The number of aryl methyl sites for hydroxylation is 2. The summed E-state index contributed by atoms with van der Waals surface area (Å²) in [5.41, 5.74) is 2.46. The number of fused-ring (bicyclic) bond motifs is 1. The average Bonchev–Trinajstić information content (AvgIpc) is 3.62. The van der Waals surface area contributed by atoms with Gasteiger partial charge in [-0.2, -0.15) is 0 Å². The van der Waals surface area contributed by atoms with Crippen molar-refractivity contribution in [2.45, 2.75) is 84.2 Å². The Hall–Kier alpha value is -3.65. The van der Waals surface area contributed by atoms with E-state index in [0.29, 0.717) is 29.9 Å². The van der Waals surface area contributed by atoms with Crippen molar-refractivity contribution in [3.63, 3.8) is 0 Å². The summed E-state index contributed by atoms with van der Waals surface area (Å²) in [4.78, 5) is 44.2. The zero-order valence-electron chi connectivity index (χ0n) is 25.8. The Morgan fingerprint density at radius 1 is 1.07 bits per heavy atom. The van der Waals surface area contributed by atoms with Crippen LogP contribution in [0.15, 0.2) is 54.6 Å². The first-order valence-corrected chi connectivity index (χ1v) is 15.7. The number of hydrogen-bond donors (Lipinski definition) is 2. The molecule has 3 aliphatic heterocycles. The summed E-state index contributed by atoms with van der Waals surface area (Å²) in [6.07, 6.45) is 6.25. The largest absolute Gasteiger partial charge is 0.494 e. The molecule has 1 spiro atoms. The molecular formula is C35H43N3O5. The van der Waals surface area contributed by atoms with Gasteiger partial charge in [-0.25, -0.2) is 0 Å². The molecule has 8 atom stereocenters. The van der Waals surface area contributed by atoms with E-state index in [0.717, 1.165) is 36.0 Å². The van der Waals surface area contributed by atoms with Gasteiger partial charge in [0.05, 0.1) is 31.1 Å².